The van der Waals surface area contributed by atoms with E-state index >= 15 is 0 Å². The molecule has 3 aromatic carbocycles. The first-order valence-corrected chi connectivity index (χ1v) is 22.5. The average Bonchev–Trinajstić information content (AvgIpc) is 3.72. The van der Waals surface area contributed by atoms with Gasteiger partial charge in [0, 0.05) is 61.8 Å². The molecule has 9 rings (SSSR count). The molecule has 6 aliphatic rings. The third kappa shape index (κ3) is 8.76. The summed E-state index contributed by atoms with van der Waals surface area (Å²) in [6, 6.07) is 9.29. The Labute approximate surface area is 390 Å². The molecule has 4 aliphatic heterocycles. The maximum atomic E-state index is 14.2. The number of phenolic OH excluding ortho intramolecular Hbond substituents is 2. The molecule has 2 amide bonds. The lowest BCUT2D eigenvalue weighted by Crippen LogP contribution is -2.55. The summed E-state index contributed by atoms with van der Waals surface area (Å²) in [5, 5.41) is 59.3. The molecule has 7 N–H and O–H groups in total. The van der Waals surface area contributed by atoms with Gasteiger partial charge in [0.25, 0.3) is 0 Å². The topological polar surface area (TPSA) is 280 Å². The number of carbonyl (C=O) groups excluding carboxylic acids is 4. The number of nitrogens with one attached hydrogen (secondary N) is 2. The number of aryl methyl sites for hydroxylation is 1. The van der Waals surface area contributed by atoms with Crippen LogP contribution in [0.2, 0.25) is 0 Å². The largest absolute Gasteiger partial charge is 0.507 e. The van der Waals surface area contributed by atoms with Crippen LogP contribution < -0.4 is 20.1 Å². The molecule has 0 bridgehead atoms. The number of amides is 2. The van der Waals surface area contributed by atoms with Crippen LogP contribution in [0, 0.1) is 12.8 Å². The van der Waals surface area contributed by atoms with Crippen molar-refractivity contribution in [2.24, 2.45) is 5.92 Å². The van der Waals surface area contributed by atoms with Gasteiger partial charge in [0.05, 0.1) is 49.2 Å². The highest BCUT2D eigenvalue weighted by Gasteiger charge is 2.54. The summed E-state index contributed by atoms with van der Waals surface area (Å²) in [5.74, 6) is -3.39. The van der Waals surface area contributed by atoms with Crippen LogP contribution in [0.15, 0.2) is 36.4 Å². The third-order valence-corrected chi connectivity index (χ3v) is 13.5. The Kier molecular flexibility index (Phi) is 13.7. The van der Waals surface area contributed by atoms with Crippen molar-refractivity contribution < 1.29 is 87.3 Å². The van der Waals surface area contributed by atoms with Gasteiger partial charge < -0.3 is 78.8 Å². The molecular formula is C47H55N3O18. The molecule has 4 saturated heterocycles. The highest BCUT2D eigenvalue weighted by atomic mass is 16.7. The summed E-state index contributed by atoms with van der Waals surface area (Å²) in [7, 11) is 2.90. The zero-order chi connectivity index (χ0) is 48.1. The molecule has 2 aliphatic carbocycles. The zero-order valence-electron chi connectivity index (χ0n) is 37.7. The Bertz CT molecular complexity index is 2450. The lowest BCUT2D eigenvalue weighted by molar-refractivity contribution is -0.254. The number of aromatic hydroxyl groups is 2. The van der Waals surface area contributed by atoms with Crippen LogP contribution in [0.3, 0.4) is 0 Å². The van der Waals surface area contributed by atoms with E-state index in [0.717, 1.165) is 0 Å². The number of carbonyl (C=O) groups is 4. The van der Waals surface area contributed by atoms with Crippen molar-refractivity contribution in [3.63, 3.8) is 0 Å². The average molecular weight is 950 g/mol. The number of morpholine rings is 1. The predicted octanol–water partition coefficient (Wildman–Crippen LogP) is 1.20. The van der Waals surface area contributed by atoms with Crippen molar-refractivity contribution in [1.82, 2.24) is 15.5 Å². The summed E-state index contributed by atoms with van der Waals surface area (Å²) in [5.41, 5.74) is 0.545. The lowest BCUT2D eigenvalue weighted by Gasteiger charge is -2.42. The Hall–Kier alpha value is -5.46. The van der Waals surface area contributed by atoms with Crippen molar-refractivity contribution in [2.75, 3.05) is 47.1 Å². The standard InChI is InChI=1S/C47H55N3O18/c1-20-14-22(8-9-28(20)67-45-41(57)38(54)27(51)19-63-45)18-64-47(59)49-11-10-48-43(58)23-15-25-33(40(56)35-34(37(25)53)36(52)24-6-5-7-29(60-3)32(24)39(35)55)30(16-23)66-31-17-26-42(21(2)65-31)68-44-46(61-4)62-13-12-50(26)44/h5-9,14,21,23,26-27,30-31,38,41-42,44-46,51,53-54,56-57H,10-13,15-19H2,1-4H3,(H,48,58)(H,49,59)/t21-,23?,26-,27+,30-,31-,38-,41+,42+,44+,45-,46-/m0/s1. The first-order valence-electron chi connectivity index (χ1n) is 22.5. The van der Waals surface area contributed by atoms with Crippen LogP contribution in [0.25, 0.3) is 0 Å². The monoisotopic (exact) mass is 949 g/mol. The number of aliphatic hydroxyl groups is 3. The Morgan fingerprint density at radius 2 is 1.66 bits per heavy atom. The van der Waals surface area contributed by atoms with Crippen LogP contribution in [0.4, 0.5) is 4.79 Å². The second-order valence-electron chi connectivity index (χ2n) is 17.7. The normalized spacial score (nSPS) is 30.8. The number of benzene rings is 3. The summed E-state index contributed by atoms with van der Waals surface area (Å²) in [6.07, 6.45) is -9.80. The van der Waals surface area contributed by atoms with Gasteiger partial charge in [0.15, 0.2) is 24.6 Å². The van der Waals surface area contributed by atoms with E-state index in [4.69, 9.17) is 42.6 Å². The van der Waals surface area contributed by atoms with E-state index in [2.05, 4.69) is 15.5 Å². The minimum absolute atomic E-state index is 0.00919. The summed E-state index contributed by atoms with van der Waals surface area (Å²) in [6.45, 7) is 4.22. The molecule has 0 spiro atoms. The number of phenols is 2. The fraction of sp³-hybridized carbons (Fsp3) is 0.532. The van der Waals surface area contributed by atoms with Crippen LogP contribution >= 0.6 is 0 Å². The van der Waals surface area contributed by atoms with E-state index in [1.165, 1.54) is 19.2 Å². The highest BCUT2D eigenvalue weighted by molar-refractivity contribution is 6.31. The number of nitrogens with zero attached hydrogens (tertiary/aromatic N) is 1. The molecule has 4 heterocycles. The molecule has 21 nitrogen and oxygen atoms in total. The van der Waals surface area contributed by atoms with Crippen LogP contribution in [0.5, 0.6) is 23.0 Å². The fourth-order valence-corrected chi connectivity index (χ4v) is 10.1. The first kappa shape index (κ1) is 47.6. The molecule has 12 atom stereocenters. The first-order chi connectivity index (χ1) is 32.7. The van der Waals surface area contributed by atoms with Gasteiger partial charge in [-0.05, 0) is 56.0 Å². The van der Waals surface area contributed by atoms with Crippen molar-refractivity contribution in [3.05, 3.63) is 80.9 Å². The van der Waals surface area contributed by atoms with E-state index in [1.54, 1.807) is 38.3 Å². The molecule has 21 heteroatoms. The maximum absolute atomic E-state index is 14.2. The van der Waals surface area contributed by atoms with Gasteiger partial charge in [-0.15, -0.1) is 0 Å². The van der Waals surface area contributed by atoms with Crippen molar-refractivity contribution >= 4 is 23.6 Å². The number of rotatable bonds is 12. The second-order valence-corrected chi connectivity index (χ2v) is 17.7. The van der Waals surface area contributed by atoms with E-state index in [9.17, 15) is 44.7 Å². The van der Waals surface area contributed by atoms with Crippen molar-refractivity contribution in [2.45, 2.75) is 107 Å². The number of methoxy groups -OCH3 is 2. The highest BCUT2D eigenvalue weighted by Crippen LogP contribution is 2.52. The number of hydrogen-bond donors (Lipinski definition) is 7. The second kappa shape index (κ2) is 19.5. The molecule has 1 unspecified atom stereocenters. The number of ketones is 2. The van der Waals surface area contributed by atoms with Crippen LogP contribution in [-0.4, -0.2) is 163 Å². The molecule has 68 heavy (non-hydrogen) atoms. The van der Waals surface area contributed by atoms with Gasteiger partial charge in [0.1, 0.15) is 54.0 Å². The smallest absolute Gasteiger partial charge is 0.407 e. The predicted molar refractivity (Wildman–Crippen MR) is 231 cm³/mol. The number of alkyl carbamates (subject to hydrolysis) is 1. The minimum atomic E-state index is -1.47. The number of ether oxygens (including phenoxy) is 9. The molecule has 0 saturated carbocycles. The van der Waals surface area contributed by atoms with Gasteiger partial charge in [0.2, 0.25) is 18.0 Å². The van der Waals surface area contributed by atoms with Crippen molar-refractivity contribution in [1.29, 1.82) is 0 Å². The molecule has 3 aromatic rings. The van der Waals surface area contributed by atoms with Gasteiger partial charge in [-0.3, -0.25) is 19.3 Å². The lowest BCUT2D eigenvalue weighted by atomic mass is 9.74. The summed E-state index contributed by atoms with van der Waals surface area (Å²) >= 11 is 0. The van der Waals surface area contributed by atoms with Crippen LogP contribution in [0.1, 0.15) is 80.0 Å². The molecule has 0 radical (unpaired) electrons. The Morgan fingerprint density at radius 1 is 0.882 bits per heavy atom. The Balaban J connectivity index is 0.876. The van der Waals surface area contributed by atoms with Crippen molar-refractivity contribution in [3.8, 4) is 23.0 Å². The molecular weight excluding hydrogens is 895 g/mol. The molecule has 366 valence electrons. The maximum Gasteiger partial charge on any atom is 0.407 e. The van der Waals surface area contributed by atoms with E-state index in [-0.39, 0.29) is 84.9 Å². The third-order valence-electron chi connectivity index (χ3n) is 13.5. The minimum Gasteiger partial charge on any atom is -0.507 e. The number of hydrogen-bond acceptors (Lipinski definition) is 19. The van der Waals surface area contributed by atoms with Crippen LogP contribution in [-0.2, 0) is 51.0 Å². The summed E-state index contributed by atoms with van der Waals surface area (Å²) < 4.78 is 52.5. The van der Waals surface area contributed by atoms with E-state index < -0.39 is 102 Å². The number of aliphatic hydroxyl groups excluding tert-OH is 3. The van der Waals surface area contributed by atoms with Gasteiger partial charge in [-0.1, -0.05) is 18.2 Å². The van der Waals surface area contributed by atoms with Gasteiger partial charge in [-0.25, -0.2) is 4.79 Å². The SMILES string of the molecule is COc1cccc2c1C(=O)c1c(O)c3c(c(O)c1C2=O)CC(C(=O)NCCNC(=O)OCc1ccc(O[C@@H]2OC[C@@H](O)[C@H](O)[C@H]2O)c(C)c1)C[C@@H]3O[C@H]1C[C@H]2[C@H](O[C@@H]3[C@@H](OC)OCCN32)[C@H](C)O1. The van der Waals surface area contributed by atoms with E-state index in [1.807, 2.05) is 6.92 Å². The zero-order valence-corrected chi connectivity index (χ0v) is 37.7. The fourth-order valence-electron chi connectivity index (χ4n) is 10.1. The van der Waals surface area contributed by atoms with Gasteiger partial charge in [-0.2, -0.15) is 0 Å². The number of fused-ring (bicyclic) bond motifs is 6. The van der Waals surface area contributed by atoms with Gasteiger partial charge >= 0.3 is 6.09 Å². The summed E-state index contributed by atoms with van der Waals surface area (Å²) in [4.78, 5) is 57.0. The Morgan fingerprint density at radius 3 is 2.43 bits per heavy atom. The quantitative estimate of drug-likeness (QED) is 0.0776. The molecule has 4 fully saturated rings. The molecule has 0 aromatic heterocycles. The van der Waals surface area contributed by atoms with E-state index in [0.29, 0.717) is 36.4 Å².